The van der Waals surface area contributed by atoms with Crippen molar-refractivity contribution in [2.75, 3.05) is 5.43 Å². The number of nitrogens with one attached hydrogen (secondary N) is 1. The van der Waals surface area contributed by atoms with Gasteiger partial charge in [0.25, 0.3) is 0 Å². The fraction of sp³-hybridized carbons (Fsp3) is 0.100. The molecule has 4 heteroatoms. The minimum Gasteiger partial charge on any atom is -0.260 e. The predicted octanol–water partition coefficient (Wildman–Crippen LogP) is 2.05. The molecular weight excluding hydrogens is 176 g/mol. The maximum atomic E-state index is 4.33. The fourth-order valence-electron chi connectivity index (χ4n) is 1.14. The molecule has 0 aliphatic carbocycles. The SMILES string of the molecule is CC=NNc1cnc2ccccc2n1. The molecule has 14 heavy (non-hydrogen) atoms. The van der Waals surface area contributed by atoms with Crippen molar-refractivity contribution in [2.45, 2.75) is 6.92 Å². The van der Waals surface area contributed by atoms with Crippen molar-refractivity contribution in [3.8, 4) is 0 Å². The van der Waals surface area contributed by atoms with E-state index in [1.54, 1.807) is 12.4 Å². The van der Waals surface area contributed by atoms with Crippen LogP contribution in [-0.4, -0.2) is 16.2 Å². The summed E-state index contributed by atoms with van der Waals surface area (Å²) in [5.41, 5.74) is 4.53. The van der Waals surface area contributed by atoms with E-state index in [1.807, 2.05) is 31.2 Å². The molecular formula is C10H10N4. The highest BCUT2D eigenvalue weighted by Crippen LogP contribution is 2.10. The van der Waals surface area contributed by atoms with E-state index in [0.29, 0.717) is 5.82 Å². The molecule has 1 aromatic heterocycles. The second kappa shape index (κ2) is 3.83. The average molecular weight is 186 g/mol. The zero-order valence-corrected chi connectivity index (χ0v) is 7.81. The van der Waals surface area contributed by atoms with Crippen molar-refractivity contribution >= 4 is 23.1 Å². The first-order chi connectivity index (χ1) is 6.90. The van der Waals surface area contributed by atoms with Gasteiger partial charge in [-0.3, -0.25) is 10.4 Å². The summed E-state index contributed by atoms with van der Waals surface area (Å²) >= 11 is 0. The topological polar surface area (TPSA) is 50.2 Å². The van der Waals surface area contributed by atoms with E-state index in [4.69, 9.17) is 0 Å². The van der Waals surface area contributed by atoms with Gasteiger partial charge in [-0.05, 0) is 19.1 Å². The van der Waals surface area contributed by atoms with Gasteiger partial charge >= 0.3 is 0 Å². The summed E-state index contributed by atoms with van der Waals surface area (Å²) in [5.74, 6) is 0.654. The van der Waals surface area contributed by atoms with E-state index in [1.165, 1.54) is 0 Å². The molecule has 70 valence electrons. The molecule has 0 atom stereocenters. The van der Waals surface area contributed by atoms with Gasteiger partial charge in [0.15, 0.2) is 5.82 Å². The van der Waals surface area contributed by atoms with Crippen molar-refractivity contribution in [3.05, 3.63) is 30.5 Å². The lowest BCUT2D eigenvalue weighted by atomic mass is 10.3. The molecule has 0 aliphatic heterocycles. The normalized spacial score (nSPS) is 10.9. The van der Waals surface area contributed by atoms with Gasteiger partial charge in [-0.2, -0.15) is 5.10 Å². The molecule has 1 N–H and O–H groups in total. The lowest BCUT2D eigenvalue weighted by Crippen LogP contribution is -1.93. The fourth-order valence-corrected chi connectivity index (χ4v) is 1.14. The second-order valence-corrected chi connectivity index (χ2v) is 2.74. The molecule has 4 nitrogen and oxygen atoms in total. The molecule has 0 spiro atoms. The molecule has 2 rings (SSSR count). The Morgan fingerprint density at radius 1 is 1.29 bits per heavy atom. The van der Waals surface area contributed by atoms with Crippen LogP contribution in [0.25, 0.3) is 11.0 Å². The van der Waals surface area contributed by atoms with Crippen molar-refractivity contribution in [1.82, 2.24) is 9.97 Å². The van der Waals surface area contributed by atoms with Gasteiger partial charge in [0.2, 0.25) is 0 Å². The van der Waals surface area contributed by atoms with Crippen LogP contribution in [0, 0.1) is 0 Å². The van der Waals surface area contributed by atoms with Crippen LogP contribution >= 0.6 is 0 Å². The Morgan fingerprint density at radius 3 is 2.86 bits per heavy atom. The van der Waals surface area contributed by atoms with Crippen LogP contribution in [0.4, 0.5) is 5.82 Å². The smallest absolute Gasteiger partial charge is 0.165 e. The highest BCUT2D eigenvalue weighted by atomic mass is 15.3. The van der Waals surface area contributed by atoms with E-state index in [2.05, 4.69) is 20.5 Å². The Balaban J connectivity index is 2.41. The molecule has 0 bridgehead atoms. The second-order valence-electron chi connectivity index (χ2n) is 2.74. The van der Waals surface area contributed by atoms with Crippen LogP contribution < -0.4 is 5.43 Å². The highest BCUT2D eigenvalue weighted by molar-refractivity contribution is 5.75. The summed E-state index contributed by atoms with van der Waals surface area (Å²) in [6, 6.07) is 7.72. The lowest BCUT2D eigenvalue weighted by molar-refractivity contribution is 1.22. The predicted molar refractivity (Wildman–Crippen MR) is 57.3 cm³/mol. The van der Waals surface area contributed by atoms with E-state index in [0.717, 1.165) is 11.0 Å². The van der Waals surface area contributed by atoms with Gasteiger partial charge < -0.3 is 0 Å². The summed E-state index contributed by atoms with van der Waals surface area (Å²) < 4.78 is 0. The van der Waals surface area contributed by atoms with Gasteiger partial charge in [0.05, 0.1) is 17.2 Å². The molecule has 1 aromatic carbocycles. The maximum absolute atomic E-state index is 4.33. The van der Waals surface area contributed by atoms with Crippen LogP contribution in [0.5, 0.6) is 0 Å². The molecule has 0 saturated heterocycles. The molecule has 0 amide bonds. The third-order valence-electron chi connectivity index (χ3n) is 1.76. The Morgan fingerprint density at radius 2 is 2.07 bits per heavy atom. The van der Waals surface area contributed by atoms with Gasteiger partial charge in [-0.15, -0.1) is 0 Å². The van der Waals surface area contributed by atoms with Gasteiger partial charge in [-0.25, -0.2) is 4.98 Å². The average Bonchev–Trinajstić information content (AvgIpc) is 2.26. The Bertz CT molecular complexity index is 464. The Hall–Kier alpha value is -1.97. The largest absolute Gasteiger partial charge is 0.260 e. The summed E-state index contributed by atoms with van der Waals surface area (Å²) in [6.45, 7) is 1.83. The number of anilines is 1. The minimum atomic E-state index is 0.654. The summed E-state index contributed by atoms with van der Waals surface area (Å²) in [4.78, 5) is 8.56. The van der Waals surface area contributed by atoms with Crippen LogP contribution in [0.2, 0.25) is 0 Å². The van der Waals surface area contributed by atoms with Crippen LogP contribution in [0.15, 0.2) is 35.6 Å². The number of hydrazone groups is 1. The van der Waals surface area contributed by atoms with Crippen molar-refractivity contribution in [3.63, 3.8) is 0 Å². The highest BCUT2D eigenvalue weighted by Gasteiger charge is 1.96. The number of hydrogen-bond donors (Lipinski definition) is 1. The first kappa shape index (κ1) is 8.62. The standard InChI is InChI=1S/C10H10N4/c1-2-12-14-10-7-11-8-5-3-4-6-9(8)13-10/h2-7H,1H3,(H,13,14). The molecule has 0 fully saturated rings. The van der Waals surface area contributed by atoms with Crippen molar-refractivity contribution < 1.29 is 0 Å². The number of para-hydroxylation sites is 2. The van der Waals surface area contributed by atoms with Crippen molar-refractivity contribution in [1.29, 1.82) is 0 Å². The molecule has 0 aliphatic rings. The first-order valence-corrected chi connectivity index (χ1v) is 4.35. The number of benzene rings is 1. The van der Waals surface area contributed by atoms with E-state index in [9.17, 15) is 0 Å². The third-order valence-corrected chi connectivity index (χ3v) is 1.76. The van der Waals surface area contributed by atoms with E-state index in [-0.39, 0.29) is 0 Å². The number of fused-ring (bicyclic) bond motifs is 1. The monoisotopic (exact) mass is 186 g/mol. The third kappa shape index (κ3) is 1.69. The number of nitrogens with zero attached hydrogens (tertiary/aromatic N) is 3. The summed E-state index contributed by atoms with van der Waals surface area (Å²) in [7, 11) is 0. The molecule has 2 aromatic rings. The molecule has 1 heterocycles. The summed E-state index contributed by atoms with van der Waals surface area (Å²) in [5, 5.41) is 3.87. The molecule has 0 saturated carbocycles. The van der Waals surface area contributed by atoms with Gasteiger partial charge in [-0.1, -0.05) is 12.1 Å². The first-order valence-electron chi connectivity index (χ1n) is 4.35. The van der Waals surface area contributed by atoms with E-state index >= 15 is 0 Å². The number of hydrogen-bond acceptors (Lipinski definition) is 4. The number of rotatable bonds is 2. The van der Waals surface area contributed by atoms with Crippen molar-refractivity contribution in [2.24, 2.45) is 5.10 Å². The Kier molecular flexibility index (Phi) is 2.36. The van der Waals surface area contributed by atoms with Crippen LogP contribution in [0.3, 0.4) is 0 Å². The van der Waals surface area contributed by atoms with Gasteiger partial charge in [0.1, 0.15) is 0 Å². The zero-order chi connectivity index (χ0) is 9.80. The van der Waals surface area contributed by atoms with Crippen LogP contribution in [0.1, 0.15) is 6.92 Å². The quantitative estimate of drug-likeness (QED) is 0.576. The zero-order valence-electron chi connectivity index (χ0n) is 7.81. The van der Waals surface area contributed by atoms with Gasteiger partial charge in [0, 0.05) is 6.21 Å². The summed E-state index contributed by atoms with van der Waals surface area (Å²) in [6.07, 6.45) is 3.33. The minimum absolute atomic E-state index is 0.654. The lowest BCUT2D eigenvalue weighted by Gasteiger charge is -1.99. The van der Waals surface area contributed by atoms with Crippen LogP contribution in [-0.2, 0) is 0 Å². The number of aromatic nitrogens is 2. The molecule has 0 unspecified atom stereocenters. The Labute approximate surface area is 81.7 Å². The van der Waals surface area contributed by atoms with E-state index < -0.39 is 0 Å². The molecule has 0 radical (unpaired) electrons. The maximum Gasteiger partial charge on any atom is 0.165 e.